The highest BCUT2D eigenvalue weighted by molar-refractivity contribution is 5.85. The van der Waals surface area contributed by atoms with E-state index >= 15 is 0 Å². The predicted octanol–water partition coefficient (Wildman–Crippen LogP) is 2.46. The second kappa shape index (κ2) is 7.76. The van der Waals surface area contributed by atoms with E-state index in [1.165, 1.54) is 0 Å². The Bertz CT molecular complexity index is 561. The molecule has 2 N–H and O–H groups in total. The van der Waals surface area contributed by atoms with Gasteiger partial charge in [0.25, 0.3) is 0 Å². The van der Waals surface area contributed by atoms with Crippen molar-refractivity contribution in [2.45, 2.75) is 12.5 Å². The van der Waals surface area contributed by atoms with Crippen LogP contribution in [0.1, 0.15) is 5.56 Å². The lowest BCUT2D eigenvalue weighted by atomic mass is 10.0. The fraction of sp³-hybridized carbons (Fsp3) is 0.167. The molecule has 0 bridgehead atoms. The van der Waals surface area contributed by atoms with E-state index in [-0.39, 0.29) is 18.5 Å². The van der Waals surface area contributed by atoms with E-state index in [4.69, 9.17) is 6.42 Å². The quantitative estimate of drug-likeness (QED) is 0.797. The van der Waals surface area contributed by atoms with E-state index in [0.29, 0.717) is 6.42 Å². The largest absolute Gasteiger partial charge is 0.373 e. The van der Waals surface area contributed by atoms with Gasteiger partial charge in [0.1, 0.15) is 6.04 Å². The number of rotatable bonds is 6. The van der Waals surface area contributed by atoms with Crippen LogP contribution in [0.3, 0.4) is 0 Å². The minimum absolute atomic E-state index is 0.0966. The predicted molar refractivity (Wildman–Crippen MR) is 85.8 cm³/mol. The molecule has 0 aliphatic heterocycles. The van der Waals surface area contributed by atoms with Crippen LogP contribution in [0, 0.1) is 12.3 Å². The summed E-state index contributed by atoms with van der Waals surface area (Å²) in [5.74, 6) is 2.32. The first kappa shape index (κ1) is 14.7. The van der Waals surface area contributed by atoms with Gasteiger partial charge >= 0.3 is 0 Å². The van der Waals surface area contributed by atoms with Gasteiger partial charge in [-0.25, -0.2) is 0 Å². The fourth-order valence-electron chi connectivity index (χ4n) is 2.06. The molecule has 0 saturated heterocycles. The van der Waals surface area contributed by atoms with E-state index < -0.39 is 0 Å². The summed E-state index contributed by atoms with van der Waals surface area (Å²) in [5.41, 5.74) is 2.01. The van der Waals surface area contributed by atoms with Crippen molar-refractivity contribution in [3.63, 3.8) is 0 Å². The molecule has 2 aromatic carbocycles. The summed E-state index contributed by atoms with van der Waals surface area (Å²) in [6, 6.07) is 19.2. The Morgan fingerprint density at radius 1 is 1.05 bits per heavy atom. The smallest absolute Gasteiger partial charge is 0.243 e. The van der Waals surface area contributed by atoms with Crippen LogP contribution in [-0.2, 0) is 11.2 Å². The topological polar surface area (TPSA) is 41.1 Å². The first-order valence-electron chi connectivity index (χ1n) is 6.86. The van der Waals surface area contributed by atoms with Crippen molar-refractivity contribution in [2.75, 3.05) is 11.9 Å². The number of amides is 1. The number of terminal acetylenes is 1. The molecule has 0 aromatic heterocycles. The zero-order valence-corrected chi connectivity index (χ0v) is 11.8. The molecule has 2 rings (SSSR count). The molecule has 106 valence electrons. The molecule has 0 heterocycles. The van der Waals surface area contributed by atoms with E-state index in [1.807, 2.05) is 60.7 Å². The Morgan fingerprint density at radius 3 is 2.29 bits per heavy atom. The summed E-state index contributed by atoms with van der Waals surface area (Å²) < 4.78 is 0. The van der Waals surface area contributed by atoms with Gasteiger partial charge < -0.3 is 10.6 Å². The molecule has 0 aliphatic rings. The summed E-state index contributed by atoms with van der Waals surface area (Å²) >= 11 is 0. The highest BCUT2D eigenvalue weighted by Gasteiger charge is 2.18. The second-order valence-corrected chi connectivity index (χ2v) is 4.67. The SMILES string of the molecule is C#CCNC(=O)[C@H](Cc1ccccc1)Nc1ccccc1. The molecule has 3 heteroatoms. The number of para-hydroxylation sites is 1. The van der Waals surface area contributed by atoms with E-state index in [0.717, 1.165) is 11.3 Å². The average Bonchev–Trinajstić information content (AvgIpc) is 2.54. The van der Waals surface area contributed by atoms with Gasteiger partial charge in [-0.15, -0.1) is 6.42 Å². The van der Waals surface area contributed by atoms with Crippen LogP contribution in [0.2, 0.25) is 0 Å². The number of nitrogens with one attached hydrogen (secondary N) is 2. The lowest BCUT2D eigenvalue weighted by Crippen LogP contribution is -2.41. The maximum Gasteiger partial charge on any atom is 0.243 e. The Morgan fingerprint density at radius 2 is 1.67 bits per heavy atom. The molecule has 0 fully saturated rings. The molecule has 1 amide bonds. The van der Waals surface area contributed by atoms with Gasteiger partial charge in [0.2, 0.25) is 5.91 Å². The lowest BCUT2D eigenvalue weighted by Gasteiger charge is -2.19. The summed E-state index contributed by atoms with van der Waals surface area (Å²) in [6.45, 7) is 0.237. The molecule has 0 saturated carbocycles. The van der Waals surface area contributed by atoms with Gasteiger partial charge in [-0.05, 0) is 17.7 Å². The van der Waals surface area contributed by atoms with Crippen LogP contribution in [0.15, 0.2) is 60.7 Å². The van der Waals surface area contributed by atoms with Gasteiger partial charge in [-0.2, -0.15) is 0 Å². The molecule has 21 heavy (non-hydrogen) atoms. The van der Waals surface area contributed by atoms with Crippen molar-refractivity contribution < 1.29 is 4.79 Å². The number of benzene rings is 2. The normalized spacial score (nSPS) is 11.2. The minimum atomic E-state index is -0.358. The molecule has 0 aliphatic carbocycles. The van der Waals surface area contributed by atoms with Gasteiger partial charge in [0.15, 0.2) is 0 Å². The Balaban J connectivity index is 2.10. The third-order valence-electron chi connectivity index (χ3n) is 3.08. The van der Waals surface area contributed by atoms with Crippen molar-refractivity contribution in [1.82, 2.24) is 5.32 Å². The summed E-state index contributed by atoms with van der Waals surface area (Å²) in [7, 11) is 0. The van der Waals surface area contributed by atoms with E-state index in [1.54, 1.807) is 0 Å². The van der Waals surface area contributed by atoms with Crippen LogP contribution in [0.25, 0.3) is 0 Å². The molecule has 0 spiro atoms. The van der Waals surface area contributed by atoms with Crippen LogP contribution in [0.5, 0.6) is 0 Å². The molecule has 3 nitrogen and oxygen atoms in total. The molecule has 0 radical (unpaired) electrons. The minimum Gasteiger partial charge on any atom is -0.373 e. The maximum absolute atomic E-state index is 12.2. The van der Waals surface area contributed by atoms with Gasteiger partial charge in [-0.3, -0.25) is 4.79 Å². The first-order chi connectivity index (χ1) is 10.3. The monoisotopic (exact) mass is 278 g/mol. The van der Waals surface area contributed by atoms with Crippen molar-refractivity contribution in [2.24, 2.45) is 0 Å². The molecule has 2 aromatic rings. The highest BCUT2D eigenvalue weighted by atomic mass is 16.2. The van der Waals surface area contributed by atoms with Crippen molar-refractivity contribution in [1.29, 1.82) is 0 Å². The number of carbonyl (C=O) groups excluding carboxylic acids is 1. The highest BCUT2D eigenvalue weighted by Crippen LogP contribution is 2.11. The number of anilines is 1. The van der Waals surface area contributed by atoms with Crippen molar-refractivity contribution in [3.8, 4) is 12.3 Å². The standard InChI is InChI=1S/C18H18N2O/c1-2-13-19-18(21)17(14-15-9-5-3-6-10-15)20-16-11-7-4-8-12-16/h1,3-12,17,20H,13-14H2,(H,19,21)/t17-/m0/s1. The van der Waals surface area contributed by atoms with Crippen LogP contribution in [0.4, 0.5) is 5.69 Å². The fourth-order valence-corrected chi connectivity index (χ4v) is 2.06. The zero-order valence-electron chi connectivity index (χ0n) is 11.8. The van der Waals surface area contributed by atoms with Crippen LogP contribution >= 0.6 is 0 Å². The molecular weight excluding hydrogens is 260 g/mol. The summed E-state index contributed by atoms with van der Waals surface area (Å²) in [5, 5.41) is 5.99. The second-order valence-electron chi connectivity index (χ2n) is 4.67. The summed E-state index contributed by atoms with van der Waals surface area (Å²) in [4.78, 5) is 12.2. The van der Waals surface area contributed by atoms with E-state index in [9.17, 15) is 4.79 Å². The van der Waals surface area contributed by atoms with Crippen LogP contribution < -0.4 is 10.6 Å². The van der Waals surface area contributed by atoms with Crippen LogP contribution in [-0.4, -0.2) is 18.5 Å². The number of carbonyl (C=O) groups is 1. The zero-order chi connectivity index (χ0) is 14.9. The van der Waals surface area contributed by atoms with Gasteiger partial charge in [0, 0.05) is 12.1 Å². The number of hydrogen-bond acceptors (Lipinski definition) is 2. The van der Waals surface area contributed by atoms with E-state index in [2.05, 4.69) is 16.6 Å². The molecule has 0 unspecified atom stereocenters. The van der Waals surface area contributed by atoms with Crippen molar-refractivity contribution in [3.05, 3.63) is 66.2 Å². The maximum atomic E-state index is 12.2. The average molecular weight is 278 g/mol. The molecular formula is C18H18N2O. The van der Waals surface area contributed by atoms with Gasteiger partial charge in [-0.1, -0.05) is 54.5 Å². The third-order valence-corrected chi connectivity index (χ3v) is 3.08. The first-order valence-corrected chi connectivity index (χ1v) is 6.86. The Labute approximate surface area is 125 Å². The lowest BCUT2D eigenvalue weighted by molar-refractivity contribution is -0.121. The Hall–Kier alpha value is -2.73. The summed E-state index contributed by atoms with van der Waals surface area (Å²) in [6.07, 6.45) is 5.80. The third kappa shape index (κ3) is 4.70. The Kier molecular flexibility index (Phi) is 5.42. The molecule has 1 atom stereocenters. The van der Waals surface area contributed by atoms with Crippen molar-refractivity contribution >= 4 is 11.6 Å². The number of hydrogen-bond donors (Lipinski definition) is 2. The van der Waals surface area contributed by atoms with Gasteiger partial charge in [0.05, 0.1) is 6.54 Å².